The maximum absolute atomic E-state index is 13.3. The van der Waals surface area contributed by atoms with Crippen LogP contribution in [-0.4, -0.2) is 83.0 Å². The summed E-state index contributed by atoms with van der Waals surface area (Å²) in [5.41, 5.74) is 12.8. The Morgan fingerprint density at radius 1 is 0.548 bits per heavy atom. The monoisotopic (exact) mass is 873 g/mol. The lowest BCUT2D eigenvalue weighted by Crippen LogP contribution is -2.47. The Morgan fingerprint density at radius 3 is 1.52 bits per heavy atom. The summed E-state index contributed by atoms with van der Waals surface area (Å²) in [6, 6.07) is -0.587. The third kappa shape index (κ3) is 25.9. The van der Waals surface area contributed by atoms with Gasteiger partial charge in [0.25, 0.3) is 0 Å². The molecule has 2 rings (SSSR count). The second-order valence-corrected chi connectivity index (χ2v) is 19.8. The van der Waals surface area contributed by atoms with Crippen molar-refractivity contribution in [2.75, 3.05) is 59.3 Å². The third-order valence-electron chi connectivity index (χ3n) is 13.4. The zero-order valence-corrected chi connectivity index (χ0v) is 41.1. The van der Waals surface area contributed by atoms with E-state index < -0.39 is 6.04 Å². The molecule has 0 fully saturated rings. The van der Waals surface area contributed by atoms with Gasteiger partial charge in [-0.05, 0) is 140 Å². The van der Waals surface area contributed by atoms with Gasteiger partial charge >= 0.3 is 0 Å². The topological polar surface area (TPSA) is 141 Å². The van der Waals surface area contributed by atoms with Gasteiger partial charge in [0.15, 0.2) is 0 Å². The fraction of sp³-hybridized carbons (Fsp3) is 0.865. The summed E-state index contributed by atoms with van der Waals surface area (Å²) in [6.45, 7) is 19.2. The Kier molecular flexibility index (Phi) is 30.7. The number of amides is 3. The average molecular weight is 873 g/mol. The van der Waals surface area contributed by atoms with E-state index in [0.717, 1.165) is 51.4 Å². The zero-order valence-electron chi connectivity index (χ0n) is 41.1. The molecule has 2 aliphatic rings. The number of unbranched alkanes of at least 4 members (excludes halogenated alkanes) is 11. The first-order chi connectivity index (χ1) is 29.9. The van der Waals surface area contributed by atoms with Gasteiger partial charge in [0, 0.05) is 39.1 Å². The van der Waals surface area contributed by atoms with Crippen LogP contribution in [0.2, 0.25) is 0 Å². The molecule has 0 unspecified atom stereocenters. The summed E-state index contributed by atoms with van der Waals surface area (Å²) in [6.07, 6.45) is 28.6. The molecule has 5 N–H and O–H groups in total. The highest BCUT2D eigenvalue weighted by Gasteiger charge is 2.28. The SMILES string of the molecule is CC1=C(CCCCCCCCC(=O)NCCCC[C@H](NC(=O)CCCCCCCCC2=C(C)CCCC2(C)C)C(=O)NCCCOCCOCCOCCCN)C(C)(C)CCC1. The number of allylic oxidation sites excluding steroid dienone is 4. The molecule has 10 heteroatoms. The van der Waals surface area contributed by atoms with Crippen LogP contribution in [0, 0.1) is 10.8 Å². The van der Waals surface area contributed by atoms with Crippen molar-refractivity contribution < 1.29 is 28.6 Å². The minimum Gasteiger partial charge on any atom is -0.379 e. The van der Waals surface area contributed by atoms with Gasteiger partial charge in [-0.3, -0.25) is 14.4 Å². The highest BCUT2D eigenvalue weighted by molar-refractivity contribution is 5.87. The Hall–Kier alpha value is -2.27. The van der Waals surface area contributed by atoms with Crippen molar-refractivity contribution in [3.8, 4) is 0 Å². The molecule has 0 radical (unpaired) electrons. The Labute approximate surface area is 380 Å². The number of hydrogen-bond acceptors (Lipinski definition) is 7. The molecule has 10 nitrogen and oxygen atoms in total. The summed E-state index contributed by atoms with van der Waals surface area (Å²) >= 11 is 0. The largest absolute Gasteiger partial charge is 0.379 e. The van der Waals surface area contributed by atoms with Gasteiger partial charge in [-0.1, -0.05) is 101 Å². The molecule has 0 aromatic carbocycles. The van der Waals surface area contributed by atoms with E-state index in [1.165, 1.54) is 96.3 Å². The van der Waals surface area contributed by atoms with Crippen LogP contribution in [0.25, 0.3) is 0 Å². The fourth-order valence-corrected chi connectivity index (χ4v) is 9.60. The van der Waals surface area contributed by atoms with Gasteiger partial charge in [-0.15, -0.1) is 0 Å². The van der Waals surface area contributed by atoms with E-state index in [2.05, 4.69) is 57.5 Å². The van der Waals surface area contributed by atoms with Crippen LogP contribution < -0.4 is 21.7 Å². The predicted molar refractivity (Wildman–Crippen MR) is 257 cm³/mol. The number of hydrogen-bond donors (Lipinski definition) is 4. The van der Waals surface area contributed by atoms with Gasteiger partial charge in [0.2, 0.25) is 17.7 Å². The van der Waals surface area contributed by atoms with E-state index in [1.807, 2.05) is 0 Å². The van der Waals surface area contributed by atoms with Gasteiger partial charge in [-0.25, -0.2) is 0 Å². The minimum atomic E-state index is -0.587. The molecule has 3 amide bonds. The Morgan fingerprint density at radius 2 is 1.00 bits per heavy atom. The second-order valence-electron chi connectivity index (χ2n) is 19.8. The van der Waals surface area contributed by atoms with Crippen molar-refractivity contribution in [3.63, 3.8) is 0 Å². The van der Waals surface area contributed by atoms with E-state index in [-0.39, 0.29) is 17.7 Å². The predicted octanol–water partition coefficient (Wildman–Crippen LogP) is 11.0. The molecule has 62 heavy (non-hydrogen) atoms. The lowest BCUT2D eigenvalue weighted by Gasteiger charge is -2.34. The standard InChI is InChI=1S/C52H96N4O6/c1-43-25-21-32-51(3,4)45(43)27-15-11-7-9-13-17-30-48(57)54-35-20-19-29-47(50(59)55-36-24-38-61-40-42-62-41-39-60-37-23-34-53)56-49(58)31-18-14-10-8-12-16-28-46-44(2)26-22-33-52(46,5)6/h47H,7-42,53H2,1-6H3,(H,54,57)(H,55,59)(H,56,58)/t47-/m0/s1. The fourth-order valence-electron chi connectivity index (χ4n) is 9.60. The molecule has 0 bridgehead atoms. The smallest absolute Gasteiger partial charge is 0.242 e. The number of nitrogens with two attached hydrogens (primary N) is 1. The Balaban J connectivity index is 1.62. The first kappa shape index (κ1) is 55.9. The highest BCUT2D eigenvalue weighted by atomic mass is 16.5. The van der Waals surface area contributed by atoms with Crippen LogP contribution in [-0.2, 0) is 28.6 Å². The van der Waals surface area contributed by atoms with E-state index in [4.69, 9.17) is 19.9 Å². The van der Waals surface area contributed by atoms with Gasteiger partial charge in [0.1, 0.15) is 6.04 Å². The summed E-state index contributed by atoms with van der Waals surface area (Å²) in [5, 5.41) is 9.12. The first-order valence-corrected chi connectivity index (χ1v) is 25.5. The number of carbonyl (C=O) groups is 3. The number of ether oxygens (including phenoxy) is 3. The Bertz CT molecular complexity index is 1290. The first-order valence-electron chi connectivity index (χ1n) is 25.5. The van der Waals surface area contributed by atoms with Gasteiger partial charge in [-0.2, -0.15) is 0 Å². The molecule has 0 spiro atoms. The van der Waals surface area contributed by atoms with Crippen LogP contribution >= 0.6 is 0 Å². The molecule has 0 aliphatic heterocycles. The lowest BCUT2D eigenvalue weighted by atomic mass is 9.71. The van der Waals surface area contributed by atoms with E-state index in [1.54, 1.807) is 22.3 Å². The van der Waals surface area contributed by atoms with Crippen LogP contribution in [0.5, 0.6) is 0 Å². The van der Waals surface area contributed by atoms with E-state index in [0.29, 0.717) is 95.8 Å². The quantitative estimate of drug-likeness (QED) is 0.0358. The number of rotatable bonds is 38. The second kappa shape index (κ2) is 34.1. The molecule has 360 valence electrons. The van der Waals surface area contributed by atoms with Crippen molar-refractivity contribution >= 4 is 17.7 Å². The van der Waals surface area contributed by atoms with E-state index in [9.17, 15) is 14.4 Å². The van der Waals surface area contributed by atoms with Crippen LogP contribution in [0.3, 0.4) is 0 Å². The van der Waals surface area contributed by atoms with Crippen molar-refractivity contribution in [1.82, 2.24) is 16.0 Å². The van der Waals surface area contributed by atoms with Crippen molar-refractivity contribution in [1.29, 1.82) is 0 Å². The van der Waals surface area contributed by atoms with Crippen molar-refractivity contribution in [3.05, 3.63) is 22.3 Å². The molecular formula is C52H96N4O6. The molecule has 0 saturated heterocycles. The third-order valence-corrected chi connectivity index (χ3v) is 13.4. The van der Waals surface area contributed by atoms with Crippen molar-refractivity contribution in [2.24, 2.45) is 16.6 Å². The zero-order chi connectivity index (χ0) is 45.3. The number of carbonyl (C=O) groups excluding carboxylic acids is 3. The van der Waals surface area contributed by atoms with Crippen molar-refractivity contribution in [2.45, 2.75) is 221 Å². The highest BCUT2D eigenvalue weighted by Crippen LogP contribution is 2.43. The minimum absolute atomic E-state index is 0.0610. The molecule has 0 heterocycles. The van der Waals surface area contributed by atoms with Crippen LogP contribution in [0.1, 0.15) is 215 Å². The summed E-state index contributed by atoms with van der Waals surface area (Å²) in [4.78, 5) is 38.8. The van der Waals surface area contributed by atoms with Gasteiger partial charge < -0.3 is 35.9 Å². The van der Waals surface area contributed by atoms with Gasteiger partial charge in [0.05, 0.1) is 26.4 Å². The van der Waals surface area contributed by atoms with Crippen LogP contribution in [0.15, 0.2) is 22.3 Å². The molecule has 2 aliphatic carbocycles. The number of nitrogens with one attached hydrogen (secondary N) is 3. The maximum Gasteiger partial charge on any atom is 0.242 e. The maximum atomic E-state index is 13.3. The van der Waals surface area contributed by atoms with Crippen LogP contribution in [0.4, 0.5) is 0 Å². The molecule has 1 atom stereocenters. The molecule has 0 aromatic rings. The summed E-state index contributed by atoms with van der Waals surface area (Å²) < 4.78 is 16.6. The van der Waals surface area contributed by atoms with E-state index >= 15 is 0 Å². The molecule has 0 aromatic heterocycles. The molecule has 0 saturated carbocycles. The molecular weight excluding hydrogens is 777 g/mol. The summed E-state index contributed by atoms with van der Waals surface area (Å²) in [5.74, 6) is -0.109. The lowest BCUT2D eigenvalue weighted by molar-refractivity contribution is -0.129. The summed E-state index contributed by atoms with van der Waals surface area (Å²) in [7, 11) is 0. The normalized spacial score (nSPS) is 16.7. The average Bonchev–Trinajstić information content (AvgIpc) is 3.22.